The van der Waals surface area contributed by atoms with E-state index in [1.54, 1.807) is 0 Å². The van der Waals surface area contributed by atoms with Crippen molar-refractivity contribution in [1.29, 1.82) is 0 Å². The molecule has 0 saturated heterocycles. The van der Waals surface area contributed by atoms with Crippen LogP contribution in [0.1, 0.15) is 25.0 Å². The number of anilines is 3. The maximum absolute atomic E-state index is 2.41. The second kappa shape index (κ2) is 14.1. The summed E-state index contributed by atoms with van der Waals surface area (Å²) < 4.78 is 2.65. The molecule has 0 bridgehead atoms. The predicted octanol–water partition coefficient (Wildman–Crippen LogP) is 16.5. The van der Waals surface area contributed by atoms with Crippen molar-refractivity contribution in [3.05, 3.63) is 223 Å². The zero-order chi connectivity index (χ0) is 39.5. The minimum Gasteiger partial charge on any atom is -0.310 e. The Bertz CT molecular complexity index is 3190. The summed E-state index contributed by atoms with van der Waals surface area (Å²) in [7, 11) is 0. The van der Waals surface area contributed by atoms with E-state index in [1.807, 2.05) is 11.3 Å². The van der Waals surface area contributed by atoms with Crippen molar-refractivity contribution in [3.8, 4) is 55.6 Å². The smallest absolute Gasteiger partial charge is 0.0540 e. The summed E-state index contributed by atoms with van der Waals surface area (Å²) in [5, 5.41) is 2.65. The molecule has 0 atom stereocenters. The van der Waals surface area contributed by atoms with Crippen LogP contribution in [0.5, 0.6) is 0 Å². The Balaban J connectivity index is 0.988. The summed E-state index contributed by atoms with van der Waals surface area (Å²) in [6, 6.07) is 78.1. The first-order valence-electron chi connectivity index (χ1n) is 20.4. The van der Waals surface area contributed by atoms with E-state index < -0.39 is 0 Å². The molecule has 280 valence electrons. The molecule has 0 radical (unpaired) electrons. The van der Waals surface area contributed by atoms with Crippen LogP contribution < -0.4 is 4.90 Å². The van der Waals surface area contributed by atoms with Crippen LogP contribution in [0.3, 0.4) is 0 Å². The van der Waals surface area contributed by atoms with Crippen molar-refractivity contribution in [1.82, 2.24) is 0 Å². The molecule has 11 rings (SSSR count). The fraction of sp³-hybridized carbons (Fsp3) is 0.0526. The van der Waals surface area contributed by atoms with Gasteiger partial charge in [-0.25, -0.2) is 0 Å². The van der Waals surface area contributed by atoms with Crippen LogP contribution in [0, 0.1) is 0 Å². The van der Waals surface area contributed by atoms with Gasteiger partial charge in [-0.05, 0) is 116 Å². The van der Waals surface area contributed by atoms with Crippen LogP contribution in [0.25, 0.3) is 75.8 Å². The van der Waals surface area contributed by atoms with Crippen LogP contribution in [0.4, 0.5) is 17.1 Å². The van der Waals surface area contributed by atoms with Crippen molar-refractivity contribution >= 4 is 48.6 Å². The van der Waals surface area contributed by atoms with Crippen LogP contribution in [-0.2, 0) is 5.41 Å². The van der Waals surface area contributed by atoms with Gasteiger partial charge in [0.05, 0.1) is 5.69 Å². The average Bonchev–Trinajstić information content (AvgIpc) is 3.78. The standard InChI is InChI=1S/C57H41NS/c1-57(2)52-23-9-6-21-48(52)49-32-28-43(36-53(49)57)38-26-30-45(31-27-38)58(54-24-10-7-20-47(54)39-14-4-3-5-15-39)46-19-13-18-42(35-46)40-16-12-17-41(34-40)44-29-33-51-50-22-8-11-25-55(50)59-56(51)37-44/h3-37H,1-2H3. The van der Waals surface area contributed by atoms with Gasteiger partial charge in [-0.15, -0.1) is 11.3 Å². The summed E-state index contributed by atoms with van der Waals surface area (Å²) in [6.45, 7) is 4.70. The molecule has 0 amide bonds. The van der Waals surface area contributed by atoms with Gasteiger partial charge < -0.3 is 4.90 Å². The quantitative estimate of drug-likeness (QED) is 0.156. The van der Waals surface area contributed by atoms with E-state index in [0.717, 1.165) is 17.1 Å². The monoisotopic (exact) mass is 771 g/mol. The Hall–Kier alpha value is -7.00. The molecule has 1 nitrogen and oxygen atoms in total. The molecule has 0 saturated carbocycles. The fourth-order valence-corrected chi connectivity index (χ4v) is 10.4. The molecule has 0 fully saturated rings. The summed E-state index contributed by atoms with van der Waals surface area (Å²) in [6.07, 6.45) is 0. The Morgan fingerprint density at radius 3 is 1.75 bits per heavy atom. The van der Waals surface area contributed by atoms with E-state index >= 15 is 0 Å². The Morgan fingerprint density at radius 2 is 0.915 bits per heavy atom. The van der Waals surface area contributed by atoms with Crippen LogP contribution >= 0.6 is 11.3 Å². The van der Waals surface area contributed by atoms with Gasteiger partial charge in [-0.2, -0.15) is 0 Å². The lowest BCUT2D eigenvalue weighted by Crippen LogP contribution is -2.14. The molecule has 59 heavy (non-hydrogen) atoms. The van der Waals surface area contributed by atoms with Crippen molar-refractivity contribution in [2.75, 3.05) is 4.90 Å². The van der Waals surface area contributed by atoms with Crippen LogP contribution in [-0.4, -0.2) is 0 Å². The number of hydrogen-bond acceptors (Lipinski definition) is 2. The van der Waals surface area contributed by atoms with Crippen LogP contribution in [0.2, 0.25) is 0 Å². The summed E-state index contributed by atoms with van der Waals surface area (Å²) in [5.74, 6) is 0. The van der Waals surface area contributed by atoms with E-state index in [-0.39, 0.29) is 5.41 Å². The normalized spacial score (nSPS) is 12.7. The Kier molecular flexibility index (Phi) is 8.43. The molecular weight excluding hydrogens is 731 g/mol. The van der Waals surface area contributed by atoms with E-state index in [4.69, 9.17) is 0 Å². The summed E-state index contributed by atoms with van der Waals surface area (Å²) >= 11 is 1.87. The van der Waals surface area contributed by atoms with Gasteiger partial charge in [0.15, 0.2) is 0 Å². The minimum absolute atomic E-state index is 0.0445. The van der Waals surface area contributed by atoms with Gasteiger partial charge in [-0.3, -0.25) is 0 Å². The highest BCUT2D eigenvalue weighted by atomic mass is 32.1. The SMILES string of the molecule is CC1(C)c2ccccc2-c2ccc(-c3ccc(N(c4cccc(-c5cccc(-c6ccc7c(c6)sc6ccccc67)c5)c4)c4ccccc4-c4ccccc4)cc3)cc21. The molecule has 1 heterocycles. The number of para-hydroxylation sites is 1. The number of thiophene rings is 1. The van der Waals surface area contributed by atoms with Gasteiger partial charge in [0, 0.05) is 42.5 Å². The van der Waals surface area contributed by atoms with E-state index in [1.165, 1.54) is 86.9 Å². The van der Waals surface area contributed by atoms with Crippen molar-refractivity contribution in [2.45, 2.75) is 19.3 Å². The highest BCUT2D eigenvalue weighted by Gasteiger charge is 2.35. The summed E-state index contributed by atoms with van der Waals surface area (Å²) in [5.41, 5.74) is 18.4. The molecule has 0 N–H and O–H groups in total. The van der Waals surface area contributed by atoms with E-state index in [0.29, 0.717) is 0 Å². The molecule has 1 aliphatic carbocycles. The van der Waals surface area contributed by atoms with Crippen molar-refractivity contribution in [3.63, 3.8) is 0 Å². The molecular formula is C57H41NS. The second-order valence-electron chi connectivity index (χ2n) is 16.1. The zero-order valence-corrected chi connectivity index (χ0v) is 33.9. The molecule has 10 aromatic rings. The molecule has 0 aliphatic heterocycles. The van der Waals surface area contributed by atoms with Gasteiger partial charge in [0.1, 0.15) is 0 Å². The molecule has 9 aromatic carbocycles. The Labute approximate surface area is 350 Å². The first-order valence-corrected chi connectivity index (χ1v) is 21.2. The number of nitrogens with zero attached hydrogens (tertiary/aromatic N) is 1. The largest absolute Gasteiger partial charge is 0.310 e. The number of rotatable bonds is 7. The summed E-state index contributed by atoms with van der Waals surface area (Å²) in [4.78, 5) is 2.41. The second-order valence-corrected chi connectivity index (χ2v) is 17.2. The lowest BCUT2D eigenvalue weighted by atomic mass is 9.81. The third-order valence-corrected chi connectivity index (χ3v) is 13.4. The van der Waals surface area contributed by atoms with Gasteiger partial charge >= 0.3 is 0 Å². The third kappa shape index (κ3) is 6.07. The number of benzene rings is 9. The highest BCUT2D eigenvalue weighted by Crippen LogP contribution is 2.50. The molecule has 0 unspecified atom stereocenters. The van der Waals surface area contributed by atoms with Crippen molar-refractivity contribution in [2.24, 2.45) is 0 Å². The molecule has 0 spiro atoms. The van der Waals surface area contributed by atoms with Crippen molar-refractivity contribution < 1.29 is 0 Å². The Morgan fingerprint density at radius 1 is 0.339 bits per heavy atom. The first kappa shape index (κ1) is 35.2. The maximum atomic E-state index is 2.41. The van der Waals surface area contributed by atoms with E-state index in [9.17, 15) is 0 Å². The molecule has 1 aliphatic rings. The minimum atomic E-state index is -0.0445. The third-order valence-electron chi connectivity index (χ3n) is 12.3. The van der Waals surface area contributed by atoms with Gasteiger partial charge in [0.25, 0.3) is 0 Å². The lowest BCUT2D eigenvalue weighted by Gasteiger charge is -2.28. The highest BCUT2D eigenvalue weighted by molar-refractivity contribution is 7.25. The van der Waals surface area contributed by atoms with Gasteiger partial charge in [0.2, 0.25) is 0 Å². The van der Waals surface area contributed by atoms with E-state index in [2.05, 4.69) is 231 Å². The van der Waals surface area contributed by atoms with Crippen LogP contribution in [0.15, 0.2) is 212 Å². The molecule has 1 aromatic heterocycles. The average molecular weight is 772 g/mol. The maximum Gasteiger partial charge on any atom is 0.0540 e. The fourth-order valence-electron chi connectivity index (χ4n) is 9.25. The number of hydrogen-bond donors (Lipinski definition) is 0. The topological polar surface area (TPSA) is 3.24 Å². The predicted molar refractivity (Wildman–Crippen MR) is 253 cm³/mol. The van der Waals surface area contributed by atoms with Gasteiger partial charge in [-0.1, -0.05) is 172 Å². The molecule has 2 heteroatoms. The number of fused-ring (bicyclic) bond motifs is 6. The first-order chi connectivity index (χ1) is 29.0. The lowest BCUT2D eigenvalue weighted by molar-refractivity contribution is 0.660. The zero-order valence-electron chi connectivity index (χ0n) is 33.1.